The van der Waals surface area contributed by atoms with Crippen molar-refractivity contribution in [2.75, 3.05) is 0 Å². The van der Waals surface area contributed by atoms with Crippen LogP contribution in [-0.2, 0) is 27.5 Å². The Morgan fingerprint density at radius 3 is 2.67 bits per heavy atom. The monoisotopic (exact) mass is 611 g/mol. The van der Waals surface area contributed by atoms with E-state index in [4.69, 9.17) is 0 Å². The van der Waals surface area contributed by atoms with Crippen LogP contribution in [0.1, 0.15) is 96.7 Å². The van der Waals surface area contributed by atoms with Crippen molar-refractivity contribution in [3.05, 3.63) is 65.2 Å². The molecular formula is C33H37N7O5. The molecule has 4 heterocycles. The van der Waals surface area contributed by atoms with Crippen LogP contribution in [0.4, 0.5) is 0 Å². The van der Waals surface area contributed by atoms with Gasteiger partial charge in [0.05, 0.1) is 11.7 Å². The number of hydrogen-bond acceptors (Lipinski definition) is 7. The van der Waals surface area contributed by atoms with E-state index in [9.17, 15) is 24.0 Å². The molecule has 2 aliphatic heterocycles. The lowest BCUT2D eigenvalue weighted by Gasteiger charge is -2.33. The van der Waals surface area contributed by atoms with Crippen LogP contribution in [0.25, 0.3) is 5.52 Å². The van der Waals surface area contributed by atoms with Gasteiger partial charge in [-0.25, -0.2) is 9.50 Å². The minimum atomic E-state index is -0.713. The number of carbonyl (C=O) groups excluding carboxylic acids is 5. The topological polar surface area (TPSA) is 146 Å². The summed E-state index contributed by atoms with van der Waals surface area (Å²) in [5, 5.41) is 9.83. The van der Waals surface area contributed by atoms with Crippen LogP contribution >= 0.6 is 0 Å². The number of piperidine rings is 1. The van der Waals surface area contributed by atoms with Gasteiger partial charge in [-0.3, -0.25) is 29.3 Å². The summed E-state index contributed by atoms with van der Waals surface area (Å²) in [6, 6.07) is 5.74. The fourth-order valence-electron chi connectivity index (χ4n) is 7.04. The molecule has 0 radical (unpaired) electrons. The number of hydrogen-bond donors (Lipinski definition) is 2. The number of amides is 5. The maximum atomic E-state index is 14.5. The van der Waals surface area contributed by atoms with Crippen molar-refractivity contribution in [2.24, 2.45) is 5.92 Å². The molecule has 2 atom stereocenters. The van der Waals surface area contributed by atoms with Gasteiger partial charge in [0, 0.05) is 43.0 Å². The first-order chi connectivity index (χ1) is 21.7. The second-order valence-electron chi connectivity index (χ2n) is 13.2. The van der Waals surface area contributed by atoms with Gasteiger partial charge in [-0.1, -0.05) is 37.8 Å². The fourth-order valence-corrected chi connectivity index (χ4v) is 7.04. The third kappa shape index (κ3) is 5.69. The van der Waals surface area contributed by atoms with Crippen LogP contribution in [0.3, 0.4) is 0 Å². The molecule has 3 fully saturated rings. The van der Waals surface area contributed by atoms with E-state index in [2.05, 4.69) is 20.7 Å². The number of carbonyl (C=O) groups is 5. The minimum absolute atomic E-state index is 0.136. The standard InChI is InChI=1S/C33H37N7O5/c1-33(11-12-33)37-30(43)26(17-20-4-2-3-5-20)38(32(45)28-24-10-13-35-40(24)15-14-34-28)18-21-6-7-23-22(16-21)19-39(31(23)44)25-8-9-27(41)36-29(25)42/h6-7,10,13-16,20,25-26H,2-5,8-9,11-12,17-19H2,1H3,(H,37,43)(H,36,41,42). The molecule has 3 aromatic rings. The van der Waals surface area contributed by atoms with E-state index in [-0.39, 0.29) is 60.8 Å². The average Bonchev–Trinajstić information content (AvgIpc) is 3.41. The lowest BCUT2D eigenvalue weighted by atomic mass is 9.95. The van der Waals surface area contributed by atoms with Gasteiger partial charge in [-0.15, -0.1) is 0 Å². The van der Waals surface area contributed by atoms with E-state index in [1.165, 1.54) is 11.1 Å². The number of nitrogens with zero attached hydrogens (tertiary/aromatic N) is 5. The predicted molar refractivity (Wildman–Crippen MR) is 161 cm³/mol. The van der Waals surface area contributed by atoms with E-state index >= 15 is 0 Å². The lowest BCUT2D eigenvalue weighted by Crippen LogP contribution is -2.52. The van der Waals surface area contributed by atoms with Crippen LogP contribution in [0.5, 0.6) is 0 Å². The Bertz CT molecular complexity index is 1710. The highest BCUT2D eigenvalue weighted by Crippen LogP contribution is 2.36. The van der Waals surface area contributed by atoms with E-state index in [0.29, 0.717) is 23.4 Å². The Morgan fingerprint density at radius 2 is 1.91 bits per heavy atom. The van der Waals surface area contributed by atoms with Crippen molar-refractivity contribution in [3.63, 3.8) is 0 Å². The van der Waals surface area contributed by atoms with E-state index < -0.39 is 18.0 Å². The Labute approximate surface area is 260 Å². The fraction of sp³-hybridized carbons (Fsp3) is 0.485. The third-order valence-electron chi connectivity index (χ3n) is 9.86. The van der Waals surface area contributed by atoms with Crippen LogP contribution in [-0.4, -0.2) is 71.6 Å². The van der Waals surface area contributed by atoms with Gasteiger partial charge in [-0.05, 0) is 61.8 Å². The highest BCUT2D eigenvalue weighted by molar-refractivity contribution is 6.05. The molecule has 7 rings (SSSR count). The highest BCUT2D eigenvalue weighted by Gasteiger charge is 2.43. The Hall–Kier alpha value is -4.61. The number of aromatic nitrogens is 3. The van der Waals surface area contributed by atoms with Crippen LogP contribution in [0.15, 0.2) is 42.9 Å². The van der Waals surface area contributed by atoms with E-state index in [1.54, 1.807) is 33.9 Å². The van der Waals surface area contributed by atoms with Crippen molar-refractivity contribution in [1.29, 1.82) is 0 Å². The molecule has 2 aliphatic carbocycles. The van der Waals surface area contributed by atoms with Crippen molar-refractivity contribution >= 4 is 35.1 Å². The molecule has 2 unspecified atom stereocenters. The second kappa shape index (κ2) is 11.4. The number of fused-ring (bicyclic) bond motifs is 2. The first kappa shape index (κ1) is 29.1. The van der Waals surface area contributed by atoms with Crippen molar-refractivity contribution in [2.45, 2.75) is 95.4 Å². The van der Waals surface area contributed by atoms with E-state index in [1.807, 2.05) is 19.1 Å². The number of imide groups is 1. The molecule has 12 heteroatoms. The van der Waals surface area contributed by atoms with Gasteiger partial charge in [0.25, 0.3) is 11.8 Å². The Balaban J connectivity index is 1.22. The zero-order valence-corrected chi connectivity index (χ0v) is 25.3. The Kier molecular flexibility index (Phi) is 7.37. The molecule has 2 N–H and O–H groups in total. The quantitative estimate of drug-likeness (QED) is 0.354. The second-order valence-corrected chi connectivity index (χ2v) is 13.2. The summed E-state index contributed by atoms with van der Waals surface area (Å²) in [5.41, 5.74) is 2.53. The normalized spacial score (nSPS) is 21.5. The SMILES string of the molecule is CC1(NC(=O)C(CC2CCCC2)N(Cc2ccc3c(c2)CN(C2CCC(=O)NC2=O)C3=O)C(=O)c2nccn3nccc23)CC1. The molecule has 0 spiro atoms. The number of nitrogens with one attached hydrogen (secondary N) is 2. The van der Waals surface area contributed by atoms with Gasteiger partial charge in [0.2, 0.25) is 17.7 Å². The Morgan fingerprint density at radius 1 is 1.11 bits per heavy atom. The highest BCUT2D eigenvalue weighted by atomic mass is 16.2. The summed E-state index contributed by atoms with van der Waals surface area (Å²) in [6.07, 6.45) is 11.9. The van der Waals surface area contributed by atoms with Gasteiger partial charge in [0.1, 0.15) is 12.1 Å². The zero-order valence-electron chi connectivity index (χ0n) is 25.3. The molecule has 234 valence electrons. The van der Waals surface area contributed by atoms with Crippen molar-refractivity contribution in [1.82, 2.24) is 35.0 Å². The maximum Gasteiger partial charge on any atom is 0.275 e. The maximum absolute atomic E-state index is 14.5. The molecule has 5 amide bonds. The summed E-state index contributed by atoms with van der Waals surface area (Å²) in [4.78, 5) is 73.6. The van der Waals surface area contributed by atoms with Crippen LogP contribution in [0, 0.1) is 5.92 Å². The third-order valence-corrected chi connectivity index (χ3v) is 9.86. The molecule has 12 nitrogen and oxygen atoms in total. The minimum Gasteiger partial charge on any atom is -0.349 e. The van der Waals surface area contributed by atoms with Gasteiger partial charge in [-0.2, -0.15) is 5.10 Å². The first-order valence-electron chi connectivity index (χ1n) is 15.9. The summed E-state index contributed by atoms with van der Waals surface area (Å²) in [5.74, 6) is -1.23. The van der Waals surface area contributed by atoms with Crippen molar-refractivity contribution in [3.8, 4) is 0 Å². The summed E-state index contributed by atoms with van der Waals surface area (Å²) in [7, 11) is 0. The molecule has 4 aliphatic rings. The first-order valence-corrected chi connectivity index (χ1v) is 15.9. The lowest BCUT2D eigenvalue weighted by molar-refractivity contribution is -0.137. The molecule has 0 bridgehead atoms. The molecular weight excluding hydrogens is 574 g/mol. The van der Waals surface area contributed by atoms with Crippen molar-refractivity contribution < 1.29 is 24.0 Å². The van der Waals surface area contributed by atoms with Gasteiger partial charge >= 0.3 is 0 Å². The average molecular weight is 612 g/mol. The summed E-state index contributed by atoms with van der Waals surface area (Å²) >= 11 is 0. The molecule has 2 aromatic heterocycles. The molecule has 1 saturated heterocycles. The smallest absolute Gasteiger partial charge is 0.275 e. The van der Waals surface area contributed by atoms with Crippen LogP contribution in [0.2, 0.25) is 0 Å². The zero-order chi connectivity index (χ0) is 31.3. The van der Waals surface area contributed by atoms with E-state index in [0.717, 1.165) is 49.7 Å². The summed E-state index contributed by atoms with van der Waals surface area (Å²) in [6.45, 7) is 2.39. The molecule has 45 heavy (non-hydrogen) atoms. The number of benzene rings is 1. The predicted octanol–water partition coefficient (Wildman–Crippen LogP) is 2.75. The molecule has 2 saturated carbocycles. The molecule has 1 aromatic carbocycles. The number of rotatable bonds is 9. The van der Waals surface area contributed by atoms with Crippen LogP contribution < -0.4 is 10.6 Å². The van der Waals surface area contributed by atoms with Gasteiger partial charge in [0.15, 0.2) is 5.69 Å². The summed E-state index contributed by atoms with van der Waals surface area (Å²) < 4.78 is 1.60. The van der Waals surface area contributed by atoms with Gasteiger partial charge < -0.3 is 15.1 Å². The largest absolute Gasteiger partial charge is 0.349 e.